The smallest absolute Gasteiger partial charge is 0.224 e. The number of hydrogen-bond donors (Lipinski definition) is 1. The van der Waals surface area contributed by atoms with Gasteiger partial charge < -0.3 is 4.90 Å². The molecular formula is C14H18N2O3S. The first-order valence-corrected chi connectivity index (χ1v) is 8.52. The van der Waals surface area contributed by atoms with Crippen molar-refractivity contribution < 1.29 is 13.2 Å². The Hall–Kier alpha value is -1.40. The predicted molar refractivity (Wildman–Crippen MR) is 75.3 cm³/mol. The number of rotatable bonds is 5. The molecule has 6 heteroatoms. The van der Waals surface area contributed by atoms with Gasteiger partial charge in [0.25, 0.3) is 0 Å². The first-order chi connectivity index (χ1) is 9.53. The number of nitrogens with one attached hydrogen (secondary N) is 1. The van der Waals surface area contributed by atoms with E-state index in [2.05, 4.69) is 4.72 Å². The molecule has 0 spiro atoms. The molecule has 1 aliphatic heterocycles. The minimum atomic E-state index is -3.40. The molecule has 3 rings (SSSR count). The van der Waals surface area contributed by atoms with Gasteiger partial charge in [0, 0.05) is 25.0 Å². The molecule has 2 fully saturated rings. The summed E-state index contributed by atoms with van der Waals surface area (Å²) < 4.78 is 26.9. The van der Waals surface area contributed by atoms with Gasteiger partial charge in [-0.3, -0.25) is 4.79 Å². The summed E-state index contributed by atoms with van der Waals surface area (Å²) >= 11 is 0. The standard InChI is InChI=1S/C14H18N2O3S/c17-14-8-12(9-16(14)13-6-7-13)15-20(18,19)10-11-4-2-1-3-5-11/h1-5,12-13,15H,6-10H2/t12-/m0/s1. The zero-order valence-corrected chi connectivity index (χ0v) is 12.0. The van der Waals surface area contributed by atoms with Crippen molar-refractivity contribution in [2.24, 2.45) is 0 Å². The van der Waals surface area contributed by atoms with Gasteiger partial charge in [-0.05, 0) is 18.4 Å². The molecule has 2 aliphatic rings. The van der Waals surface area contributed by atoms with Crippen LogP contribution in [0.2, 0.25) is 0 Å². The third kappa shape index (κ3) is 3.19. The van der Waals surface area contributed by atoms with Crippen LogP contribution in [0.3, 0.4) is 0 Å². The zero-order valence-electron chi connectivity index (χ0n) is 11.2. The zero-order chi connectivity index (χ0) is 14.2. The second kappa shape index (κ2) is 5.18. The molecule has 1 aromatic rings. The first-order valence-electron chi connectivity index (χ1n) is 6.87. The molecule has 0 aromatic heterocycles. The van der Waals surface area contributed by atoms with Crippen LogP contribution in [0.15, 0.2) is 30.3 Å². The molecule has 0 unspecified atom stereocenters. The number of likely N-dealkylation sites (tertiary alicyclic amines) is 1. The second-order valence-corrected chi connectivity index (χ2v) is 7.29. The summed E-state index contributed by atoms with van der Waals surface area (Å²) in [6, 6.07) is 9.14. The SMILES string of the molecule is O=C1C[C@H](NS(=O)(=O)Cc2ccccc2)CN1C1CC1. The summed E-state index contributed by atoms with van der Waals surface area (Å²) in [5.41, 5.74) is 0.753. The minimum absolute atomic E-state index is 0.0397. The van der Waals surface area contributed by atoms with Crippen LogP contribution in [0, 0.1) is 0 Å². The van der Waals surface area contributed by atoms with E-state index < -0.39 is 10.0 Å². The summed E-state index contributed by atoms with van der Waals surface area (Å²) in [5.74, 6) is 0.0296. The highest BCUT2D eigenvalue weighted by molar-refractivity contribution is 7.88. The van der Waals surface area contributed by atoms with Gasteiger partial charge in [-0.25, -0.2) is 13.1 Å². The van der Waals surface area contributed by atoms with Gasteiger partial charge in [-0.15, -0.1) is 0 Å². The number of sulfonamides is 1. The molecule has 20 heavy (non-hydrogen) atoms. The lowest BCUT2D eigenvalue weighted by Crippen LogP contribution is -2.38. The van der Waals surface area contributed by atoms with E-state index in [1.807, 2.05) is 23.1 Å². The van der Waals surface area contributed by atoms with Crippen LogP contribution in [-0.4, -0.2) is 37.9 Å². The third-order valence-electron chi connectivity index (χ3n) is 3.69. The van der Waals surface area contributed by atoms with Gasteiger partial charge in [0.15, 0.2) is 0 Å². The molecule has 0 bridgehead atoms. The van der Waals surface area contributed by atoms with Crippen LogP contribution in [0.1, 0.15) is 24.8 Å². The largest absolute Gasteiger partial charge is 0.338 e. The van der Waals surface area contributed by atoms with Gasteiger partial charge in [0.1, 0.15) is 0 Å². The maximum atomic E-state index is 12.1. The van der Waals surface area contributed by atoms with Gasteiger partial charge in [-0.1, -0.05) is 30.3 Å². The molecule has 1 heterocycles. The van der Waals surface area contributed by atoms with Crippen molar-refractivity contribution in [1.29, 1.82) is 0 Å². The highest BCUT2D eigenvalue weighted by Gasteiger charge is 2.40. The molecule has 5 nitrogen and oxygen atoms in total. The highest BCUT2D eigenvalue weighted by Crippen LogP contribution is 2.30. The van der Waals surface area contributed by atoms with E-state index in [0.717, 1.165) is 18.4 Å². The molecule has 108 valence electrons. The Balaban J connectivity index is 1.61. The predicted octanol–water partition coefficient (Wildman–Crippen LogP) is 0.869. The van der Waals surface area contributed by atoms with Crippen molar-refractivity contribution in [2.75, 3.05) is 6.54 Å². The molecular weight excluding hydrogens is 276 g/mol. The second-order valence-electron chi connectivity index (χ2n) is 5.54. The normalized spacial score (nSPS) is 23.3. The van der Waals surface area contributed by atoms with E-state index in [4.69, 9.17) is 0 Å². The number of nitrogens with zero attached hydrogens (tertiary/aromatic N) is 1. The Morgan fingerprint density at radius 3 is 2.55 bits per heavy atom. The van der Waals surface area contributed by atoms with Crippen molar-refractivity contribution in [1.82, 2.24) is 9.62 Å². The summed E-state index contributed by atoms with van der Waals surface area (Å²) in [6.45, 7) is 0.511. The summed E-state index contributed by atoms with van der Waals surface area (Å²) in [5, 5.41) is 0. The lowest BCUT2D eigenvalue weighted by molar-refractivity contribution is -0.128. The third-order valence-corrected chi connectivity index (χ3v) is 5.10. The summed E-state index contributed by atoms with van der Waals surface area (Å²) in [4.78, 5) is 13.6. The van der Waals surface area contributed by atoms with Crippen LogP contribution in [0.4, 0.5) is 0 Å². The Bertz CT molecular complexity index is 596. The first kappa shape index (κ1) is 13.6. The van der Waals surface area contributed by atoms with E-state index in [9.17, 15) is 13.2 Å². The fourth-order valence-corrected chi connectivity index (χ4v) is 4.02. The van der Waals surface area contributed by atoms with Crippen molar-refractivity contribution in [3.8, 4) is 0 Å². The van der Waals surface area contributed by atoms with Gasteiger partial charge >= 0.3 is 0 Å². The number of hydrogen-bond acceptors (Lipinski definition) is 3. The Labute approximate surface area is 119 Å². The van der Waals surface area contributed by atoms with Crippen LogP contribution >= 0.6 is 0 Å². The molecule has 1 aliphatic carbocycles. The topological polar surface area (TPSA) is 66.5 Å². The molecule has 1 amide bonds. The van der Waals surface area contributed by atoms with Crippen molar-refractivity contribution in [3.63, 3.8) is 0 Å². The van der Waals surface area contributed by atoms with Crippen molar-refractivity contribution in [3.05, 3.63) is 35.9 Å². The molecule has 1 saturated heterocycles. The number of amides is 1. The lowest BCUT2D eigenvalue weighted by Gasteiger charge is -2.16. The maximum Gasteiger partial charge on any atom is 0.224 e. The summed E-state index contributed by atoms with van der Waals surface area (Å²) in [7, 11) is -3.40. The van der Waals surface area contributed by atoms with Crippen LogP contribution < -0.4 is 4.72 Å². The number of benzene rings is 1. The molecule has 1 atom stereocenters. The maximum absolute atomic E-state index is 12.1. The lowest BCUT2D eigenvalue weighted by atomic mass is 10.2. The van der Waals surface area contributed by atoms with Crippen molar-refractivity contribution >= 4 is 15.9 Å². The van der Waals surface area contributed by atoms with E-state index in [1.165, 1.54) is 0 Å². The Morgan fingerprint density at radius 1 is 1.20 bits per heavy atom. The average Bonchev–Trinajstić information content (AvgIpc) is 3.15. The van der Waals surface area contributed by atoms with E-state index >= 15 is 0 Å². The van der Waals surface area contributed by atoms with Crippen LogP contribution in [0.5, 0.6) is 0 Å². The number of carbonyl (C=O) groups excluding carboxylic acids is 1. The van der Waals surface area contributed by atoms with Gasteiger partial charge in [-0.2, -0.15) is 0 Å². The van der Waals surface area contributed by atoms with E-state index in [-0.39, 0.29) is 24.1 Å². The van der Waals surface area contributed by atoms with Gasteiger partial charge in [0.2, 0.25) is 15.9 Å². The van der Waals surface area contributed by atoms with Crippen LogP contribution in [0.25, 0.3) is 0 Å². The van der Waals surface area contributed by atoms with Crippen molar-refractivity contribution in [2.45, 2.75) is 37.1 Å². The van der Waals surface area contributed by atoms with E-state index in [1.54, 1.807) is 12.1 Å². The Morgan fingerprint density at radius 2 is 1.90 bits per heavy atom. The minimum Gasteiger partial charge on any atom is -0.338 e. The quantitative estimate of drug-likeness (QED) is 0.876. The number of carbonyl (C=O) groups is 1. The highest BCUT2D eigenvalue weighted by atomic mass is 32.2. The molecule has 0 radical (unpaired) electrons. The molecule has 1 saturated carbocycles. The monoisotopic (exact) mass is 294 g/mol. The molecule has 1 N–H and O–H groups in total. The average molecular weight is 294 g/mol. The summed E-state index contributed by atoms with van der Waals surface area (Å²) in [6.07, 6.45) is 2.38. The van der Waals surface area contributed by atoms with E-state index in [0.29, 0.717) is 12.6 Å². The molecule has 1 aromatic carbocycles. The fraction of sp³-hybridized carbons (Fsp3) is 0.500. The fourth-order valence-electron chi connectivity index (χ4n) is 2.64. The Kier molecular flexibility index (Phi) is 3.52. The van der Waals surface area contributed by atoms with Gasteiger partial charge in [0.05, 0.1) is 5.75 Å². The van der Waals surface area contributed by atoms with Crippen LogP contribution in [-0.2, 0) is 20.6 Å².